The Labute approximate surface area is 114 Å². The van der Waals surface area contributed by atoms with Gasteiger partial charge in [-0.25, -0.2) is 0 Å². The Morgan fingerprint density at radius 1 is 1.37 bits per heavy atom. The molecule has 0 heterocycles. The molecule has 0 bridgehead atoms. The number of ether oxygens (including phenoxy) is 1. The number of carbonyl (C=O) groups is 1. The number of nitrogens with zero attached hydrogens (tertiary/aromatic N) is 1. The van der Waals surface area contributed by atoms with Gasteiger partial charge in [-0.3, -0.25) is 4.79 Å². The van der Waals surface area contributed by atoms with Crippen LogP contribution in [0.4, 0.5) is 0 Å². The lowest BCUT2D eigenvalue weighted by atomic mass is 10.1. The van der Waals surface area contributed by atoms with Crippen molar-refractivity contribution in [2.45, 2.75) is 26.3 Å². The van der Waals surface area contributed by atoms with Crippen LogP contribution in [0.5, 0.6) is 5.75 Å². The molecule has 4 nitrogen and oxygen atoms in total. The van der Waals surface area contributed by atoms with Gasteiger partial charge in [-0.1, -0.05) is 12.1 Å². The fourth-order valence-electron chi connectivity index (χ4n) is 2.20. The molecule has 1 aliphatic rings. The van der Waals surface area contributed by atoms with Gasteiger partial charge in [0.1, 0.15) is 5.75 Å². The van der Waals surface area contributed by atoms with E-state index in [1.807, 2.05) is 31.2 Å². The molecule has 4 heteroatoms. The van der Waals surface area contributed by atoms with E-state index in [1.165, 1.54) is 0 Å². The Bertz CT molecular complexity index is 437. The maximum atomic E-state index is 12.2. The van der Waals surface area contributed by atoms with Crippen LogP contribution in [0, 0.1) is 5.41 Å². The first-order chi connectivity index (χ1) is 9.11. The molecule has 19 heavy (non-hydrogen) atoms. The van der Waals surface area contributed by atoms with E-state index in [4.69, 9.17) is 4.74 Å². The Morgan fingerprint density at radius 2 is 2.00 bits per heavy atom. The van der Waals surface area contributed by atoms with Crippen molar-refractivity contribution >= 4 is 5.91 Å². The van der Waals surface area contributed by atoms with E-state index in [-0.39, 0.29) is 12.5 Å². The highest BCUT2D eigenvalue weighted by molar-refractivity contribution is 5.85. The third kappa shape index (κ3) is 3.07. The van der Waals surface area contributed by atoms with Crippen LogP contribution in [0.15, 0.2) is 24.3 Å². The molecule has 1 aliphatic carbocycles. The first kappa shape index (κ1) is 13.9. The van der Waals surface area contributed by atoms with Crippen LogP contribution in [0.2, 0.25) is 0 Å². The quantitative estimate of drug-likeness (QED) is 0.851. The predicted octanol–water partition coefficient (Wildman–Crippen LogP) is 1.82. The number of rotatable bonds is 6. The van der Waals surface area contributed by atoms with Gasteiger partial charge in [-0.2, -0.15) is 0 Å². The average Bonchev–Trinajstić information content (AvgIpc) is 3.21. The number of amides is 1. The fraction of sp³-hybridized carbons (Fsp3) is 0.533. The maximum Gasteiger partial charge on any atom is 0.231 e. The number of carbonyl (C=O) groups excluding carboxylic acids is 1. The Hall–Kier alpha value is -1.55. The van der Waals surface area contributed by atoms with Gasteiger partial charge in [0.15, 0.2) is 0 Å². The minimum Gasteiger partial charge on any atom is -0.494 e. The molecular formula is C15H21NO3. The van der Waals surface area contributed by atoms with Crippen LogP contribution >= 0.6 is 0 Å². The van der Waals surface area contributed by atoms with Crippen molar-refractivity contribution in [2.24, 2.45) is 5.41 Å². The van der Waals surface area contributed by atoms with Crippen molar-refractivity contribution in [2.75, 3.05) is 20.3 Å². The molecule has 104 valence electrons. The average molecular weight is 263 g/mol. The molecular weight excluding hydrogens is 242 g/mol. The normalized spacial score (nSPS) is 15.9. The van der Waals surface area contributed by atoms with Crippen molar-refractivity contribution < 1.29 is 14.6 Å². The largest absolute Gasteiger partial charge is 0.494 e. The second-order valence-electron chi connectivity index (χ2n) is 5.18. The van der Waals surface area contributed by atoms with Gasteiger partial charge in [0.2, 0.25) is 5.91 Å². The highest BCUT2D eigenvalue weighted by Gasteiger charge is 2.50. The Balaban J connectivity index is 1.95. The summed E-state index contributed by atoms with van der Waals surface area (Å²) < 4.78 is 5.38. The van der Waals surface area contributed by atoms with E-state index in [1.54, 1.807) is 11.9 Å². The summed E-state index contributed by atoms with van der Waals surface area (Å²) in [4.78, 5) is 13.9. The van der Waals surface area contributed by atoms with Gasteiger partial charge in [0.05, 0.1) is 18.6 Å². The van der Waals surface area contributed by atoms with Crippen LogP contribution < -0.4 is 4.74 Å². The van der Waals surface area contributed by atoms with Crippen molar-refractivity contribution in [1.29, 1.82) is 0 Å². The summed E-state index contributed by atoms with van der Waals surface area (Å²) in [7, 11) is 1.79. The van der Waals surface area contributed by atoms with E-state index in [9.17, 15) is 9.90 Å². The lowest BCUT2D eigenvalue weighted by Gasteiger charge is -2.22. The van der Waals surface area contributed by atoms with Gasteiger partial charge in [-0.15, -0.1) is 0 Å². The summed E-state index contributed by atoms with van der Waals surface area (Å²) in [5.74, 6) is 0.887. The number of aliphatic hydroxyl groups is 1. The smallest absolute Gasteiger partial charge is 0.231 e. The van der Waals surface area contributed by atoms with Gasteiger partial charge in [0, 0.05) is 13.6 Å². The monoisotopic (exact) mass is 263 g/mol. The van der Waals surface area contributed by atoms with E-state index < -0.39 is 5.41 Å². The number of benzene rings is 1. The summed E-state index contributed by atoms with van der Waals surface area (Å²) in [6.45, 7) is 3.12. The summed E-state index contributed by atoms with van der Waals surface area (Å²) in [6.07, 6.45) is 1.60. The minimum atomic E-state index is -0.486. The molecule has 0 unspecified atom stereocenters. The standard InChI is InChI=1S/C15H21NO3/c1-3-19-13-6-4-12(5-7-13)10-16(2)14(18)15(11-17)8-9-15/h4-7,17H,3,8-11H2,1-2H3. The summed E-state index contributed by atoms with van der Waals surface area (Å²) >= 11 is 0. The predicted molar refractivity (Wildman–Crippen MR) is 72.8 cm³/mol. The topological polar surface area (TPSA) is 49.8 Å². The second-order valence-corrected chi connectivity index (χ2v) is 5.18. The molecule has 1 N–H and O–H groups in total. The Morgan fingerprint density at radius 3 is 2.47 bits per heavy atom. The first-order valence-electron chi connectivity index (χ1n) is 6.69. The number of hydrogen-bond donors (Lipinski definition) is 1. The van der Waals surface area contributed by atoms with Gasteiger partial charge >= 0.3 is 0 Å². The zero-order chi connectivity index (χ0) is 13.9. The molecule has 1 fully saturated rings. The minimum absolute atomic E-state index is 0.0422. The SMILES string of the molecule is CCOc1ccc(CN(C)C(=O)C2(CO)CC2)cc1. The van der Waals surface area contributed by atoms with Crippen LogP contribution in [0.25, 0.3) is 0 Å². The molecule has 0 aromatic heterocycles. The molecule has 1 aromatic carbocycles. The van der Waals surface area contributed by atoms with Crippen LogP contribution in [-0.4, -0.2) is 36.2 Å². The molecule has 2 rings (SSSR count). The highest BCUT2D eigenvalue weighted by atomic mass is 16.5. The van der Waals surface area contributed by atoms with Crippen molar-refractivity contribution in [3.05, 3.63) is 29.8 Å². The molecule has 0 aliphatic heterocycles. The van der Waals surface area contributed by atoms with Gasteiger partial charge in [0.25, 0.3) is 0 Å². The molecule has 1 aromatic rings. The fourth-order valence-corrected chi connectivity index (χ4v) is 2.20. The summed E-state index contributed by atoms with van der Waals surface area (Å²) in [5.41, 5.74) is 0.577. The van der Waals surface area contributed by atoms with Crippen LogP contribution in [0.3, 0.4) is 0 Å². The second kappa shape index (κ2) is 5.61. The van der Waals surface area contributed by atoms with E-state index in [0.29, 0.717) is 13.2 Å². The van der Waals surface area contributed by atoms with Crippen LogP contribution in [-0.2, 0) is 11.3 Å². The molecule has 0 radical (unpaired) electrons. The molecule has 0 saturated heterocycles. The van der Waals surface area contributed by atoms with Crippen LogP contribution in [0.1, 0.15) is 25.3 Å². The van der Waals surface area contributed by atoms with Gasteiger partial charge in [-0.05, 0) is 37.5 Å². The number of aliphatic hydroxyl groups excluding tert-OH is 1. The molecule has 0 spiro atoms. The van der Waals surface area contributed by atoms with E-state index in [0.717, 1.165) is 24.2 Å². The van der Waals surface area contributed by atoms with E-state index >= 15 is 0 Å². The Kier molecular flexibility index (Phi) is 4.10. The highest BCUT2D eigenvalue weighted by Crippen LogP contribution is 2.46. The summed E-state index contributed by atoms with van der Waals surface area (Å²) in [5, 5.41) is 9.27. The zero-order valence-corrected chi connectivity index (χ0v) is 11.6. The lowest BCUT2D eigenvalue weighted by molar-refractivity contribution is -0.137. The zero-order valence-electron chi connectivity index (χ0n) is 11.6. The maximum absolute atomic E-state index is 12.2. The third-order valence-corrected chi connectivity index (χ3v) is 3.61. The molecule has 1 amide bonds. The molecule has 0 atom stereocenters. The van der Waals surface area contributed by atoms with E-state index in [2.05, 4.69) is 0 Å². The van der Waals surface area contributed by atoms with Crippen molar-refractivity contribution in [3.63, 3.8) is 0 Å². The number of hydrogen-bond acceptors (Lipinski definition) is 3. The third-order valence-electron chi connectivity index (χ3n) is 3.61. The summed E-state index contributed by atoms with van der Waals surface area (Å²) in [6, 6.07) is 7.76. The molecule has 1 saturated carbocycles. The lowest BCUT2D eigenvalue weighted by Crippen LogP contribution is -2.35. The van der Waals surface area contributed by atoms with Gasteiger partial charge < -0.3 is 14.7 Å². The van der Waals surface area contributed by atoms with Crippen molar-refractivity contribution in [3.8, 4) is 5.75 Å². The van der Waals surface area contributed by atoms with Crippen molar-refractivity contribution in [1.82, 2.24) is 4.90 Å². The first-order valence-corrected chi connectivity index (χ1v) is 6.69.